The van der Waals surface area contributed by atoms with Crippen molar-refractivity contribution in [1.29, 1.82) is 0 Å². The van der Waals surface area contributed by atoms with Gasteiger partial charge >= 0.3 is 5.97 Å². The van der Waals surface area contributed by atoms with Crippen LogP contribution >= 0.6 is 0 Å². The van der Waals surface area contributed by atoms with Gasteiger partial charge in [0.2, 0.25) is 0 Å². The Bertz CT molecular complexity index is 405. The first-order valence-electron chi connectivity index (χ1n) is 6.12. The second kappa shape index (κ2) is 6.42. The van der Waals surface area contributed by atoms with Crippen LogP contribution < -0.4 is 5.32 Å². The van der Waals surface area contributed by atoms with Gasteiger partial charge in [-0.15, -0.1) is 0 Å². The van der Waals surface area contributed by atoms with Gasteiger partial charge in [-0.25, -0.2) is 14.8 Å². The van der Waals surface area contributed by atoms with Crippen LogP contribution in [0.4, 0.5) is 0 Å². The molecule has 0 radical (unpaired) electrons. The summed E-state index contributed by atoms with van der Waals surface area (Å²) in [6.45, 7) is 2.10. The monoisotopic (exact) mass is 251 g/mol. The summed E-state index contributed by atoms with van der Waals surface area (Å²) in [5.74, 6) is -0.994. The summed E-state index contributed by atoms with van der Waals surface area (Å²) in [4.78, 5) is 18.6. The molecule has 0 saturated carbocycles. The summed E-state index contributed by atoms with van der Waals surface area (Å²) in [6.07, 6.45) is 6.25. The second-order valence-electron chi connectivity index (χ2n) is 4.29. The van der Waals surface area contributed by atoms with Gasteiger partial charge in [-0.05, 0) is 25.8 Å². The molecular formula is C12H17N3O3. The van der Waals surface area contributed by atoms with Gasteiger partial charge in [-0.2, -0.15) is 0 Å². The molecule has 2 rings (SSSR count). The number of hydrogen-bond donors (Lipinski definition) is 2. The molecule has 1 fully saturated rings. The number of carboxylic acids is 1. The molecule has 0 aliphatic carbocycles. The van der Waals surface area contributed by atoms with Gasteiger partial charge in [0.1, 0.15) is 11.9 Å². The predicted octanol–water partition coefficient (Wildman–Crippen LogP) is 0.833. The molecule has 1 atom stereocenters. The average Bonchev–Trinajstić information content (AvgIpc) is 2.88. The molecule has 1 aromatic heterocycles. The van der Waals surface area contributed by atoms with Gasteiger partial charge < -0.3 is 15.2 Å². The van der Waals surface area contributed by atoms with Gasteiger partial charge in [0.05, 0.1) is 11.8 Å². The molecule has 2 heterocycles. The lowest BCUT2D eigenvalue weighted by Crippen LogP contribution is -2.21. The first-order chi connectivity index (χ1) is 8.77. The van der Waals surface area contributed by atoms with Crippen LogP contribution in [0.15, 0.2) is 12.5 Å². The summed E-state index contributed by atoms with van der Waals surface area (Å²) in [5, 5.41) is 12.2. The van der Waals surface area contributed by atoms with Crippen LogP contribution in [-0.2, 0) is 11.3 Å². The second-order valence-corrected chi connectivity index (χ2v) is 4.29. The van der Waals surface area contributed by atoms with E-state index >= 15 is 0 Å². The normalized spacial score (nSPS) is 19.0. The maximum absolute atomic E-state index is 10.9. The van der Waals surface area contributed by atoms with Crippen molar-refractivity contribution in [3.05, 3.63) is 23.8 Å². The Morgan fingerprint density at radius 3 is 3.22 bits per heavy atom. The Kier molecular flexibility index (Phi) is 4.60. The van der Waals surface area contributed by atoms with Gasteiger partial charge in [0, 0.05) is 19.3 Å². The van der Waals surface area contributed by atoms with Gasteiger partial charge in [0.15, 0.2) is 0 Å². The largest absolute Gasteiger partial charge is 0.478 e. The zero-order valence-corrected chi connectivity index (χ0v) is 10.1. The summed E-state index contributed by atoms with van der Waals surface area (Å²) in [5.41, 5.74) is 0.673. The quantitative estimate of drug-likeness (QED) is 0.729. The number of hydrogen-bond acceptors (Lipinski definition) is 5. The highest BCUT2D eigenvalue weighted by Gasteiger charge is 2.15. The molecule has 6 heteroatoms. The number of carboxylic acid groups (broad SMARTS) is 1. The molecule has 1 aromatic rings. The summed E-state index contributed by atoms with van der Waals surface area (Å²) in [7, 11) is 0. The average molecular weight is 251 g/mol. The van der Waals surface area contributed by atoms with E-state index in [1.165, 1.54) is 12.5 Å². The highest BCUT2D eigenvalue weighted by atomic mass is 16.5. The Morgan fingerprint density at radius 1 is 1.61 bits per heavy atom. The molecule has 1 saturated heterocycles. The molecule has 0 spiro atoms. The predicted molar refractivity (Wildman–Crippen MR) is 64.3 cm³/mol. The maximum Gasteiger partial charge on any atom is 0.339 e. The molecule has 0 aromatic carbocycles. The Balaban J connectivity index is 1.77. The van der Waals surface area contributed by atoms with Crippen LogP contribution in [0.25, 0.3) is 0 Å². The summed E-state index contributed by atoms with van der Waals surface area (Å²) < 4.78 is 5.51. The number of aromatic nitrogens is 2. The minimum absolute atomic E-state index is 0.155. The molecule has 18 heavy (non-hydrogen) atoms. The van der Waals surface area contributed by atoms with Crippen molar-refractivity contribution >= 4 is 5.97 Å². The van der Waals surface area contributed by atoms with E-state index in [0.717, 1.165) is 32.4 Å². The Morgan fingerprint density at radius 2 is 2.50 bits per heavy atom. The molecule has 1 unspecified atom stereocenters. The molecule has 1 aliphatic rings. The number of nitrogens with one attached hydrogen (secondary N) is 1. The standard InChI is InChI=1S/C12H17N3O3/c16-12(17)10-6-14-8-15-11(10)7-13-4-3-9-2-1-5-18-9/h6,8-9,13H,1-5,7H2,(H,16,17). The van der Waals surface area contributed by atoms with Crippen LogP contribution in [0.5, 0.6) is 0 Å². The van der Waals surface area contributed by atoms with Gasteiger partial charge in [0.25, 0.3) is 0 Å². The number of carbonyl (C=O) groups is 1. The minimum Gasteiger partial charge on any atom is -0.478 e. The number of aromatic carboxylic acids is 1. The fourth-order valence-electron chi connectivity index (χ4n) is 2.02. The fourth-order valence-corrected chi connectivity index (χ4v) is 2.02. The highest BCUT2D eigenvalue weighted by Crippen LogP contribution is 2.14. The molecule has 1 aliphatic heterocycles. The van der Waals surface area contributed by atoms with Crippen molar-refractivity contribution < 1.29 is 14.6 Å². The third kappa shape index (κ3) is 3.48. The first kappa shape index (κ1) is 12.9. The number of nitrogens with zero attached hydrogens (tertiary/aromatic N) is 2. The molecule has 0 amide bonds. The lowest BCUT2D eigenvalue weighted by Gasteiger charge is -2.10. The topological polar surface area (TPSA) is 84.3 Å². The van der Waals surface area contributed by atoms with Gasteiger partial charge in [-0.1, -0.05) is 0 Å². The van der Waals surface area contributed by atoms with Crippen molar-refractivity contribution in [2.45, 2.75) is 31.9 Å². The first-order valence-corrected chi connectivity index (χ1v) is 6.12. The maximum atomic E-state index is 10.9. The van der Waals surface area contributed by atoms with E-state index < -0.39 is 5.97 Å². The minimum atomic E-state index is -0.994. The SMILES string of the molecule is O=C(O)c1cncnc1CNCCC1CCCO1. The van der Waals surface area contributed by atoms with Crippen LogP contribution in [0.3, 0.4) is 0 Å². The van der Waals surface area contributed by atoms with Crippen LogP contribution in [0.1, 0.15) is 35.3 Å². The van der Waals surface area contributed by atoms with Crippen molar-refractivity contribution in [3.8, 4) is 0 Å². The fraction of sp³-hybridized carbons (Fsp3) is 0.583. The van der Waals surface area contributed by atoms with Crippen molar-refractivity contribution in [1.82, 2.24) is 15.3 Å². The van der Waals surface area contributed by atoms with E-state index in [-0.39, 0.29) is 5.56 Å². The van der Waals surface area contributed by atoms with Crippen molar-refractivity contribution in [2.24, 2.45) is 0 Å². The van der Waals surface area contributed by atoms with E-state index in [2.05, 4.69) is 15.3 Å². The number of ether oxygens (including phenoxy) is 1. The van der Waals surface area contributed by atoms with Crippen molar-refractivity contribution in [3.63, 3.8) is 0 Å². The third-order valence-electron chi connectivity index (χ3n) is 2.98. The number of rotatable bonds is 6. The molecule has 0 bridgehead atoms. The Labute approximate surface area is 105 Å². The molecular weight excluding hydrogens is 234 g/mol. The van der Waals surface area contributed by atoms with Crippen molar-refractivity contribution in [2.75, 3.05) is 13.2 Å². The zero-order valence-electron chi connectivity index (χ0n) is 10.1. The smallest absolute Gasteiger partial charge is 0.339 e. The lowest BCUT2D eigenvalue weighted by molar-refractivity contribution is 0.0694. The van der Waals surface area contributed by atoms with E-state index in [4.69, 9.17) is 9.84 Å². The van der Waals surface area contributed by atoms with Crippen LogP contribution in [-0.4, -0.2) is 40.3 Å². The molecule has 6 nitrogen and oxygen atoms in total. The summed E-state index contributed by atoms with van der Waals surface area (Å²) in [6, 6.07) is 0. The third-order valence-corrected chi connectivity index (χ3v) is 2.98. The van der Waals surface area contributed by atoms with E-state index in [9.17, 15) is 4.79 Å². The van der Waals surface area contributed by atoms with Gasteiger partial charge in [-0.3, -0.25) is 0 Å². The zero-order chi connectivity index (χ0) is 12.8. The summed E-state index contributed by atoms with van der Waals surface area (Å²) >= 11 is 0. The lowest BCUT2D eigenvalue weighted by atomic mass is 10.2. The molecule has 98 valence electrons. The van der Waals surface area contributed by atoms with Crippen LogP contribution in [0, 0.1) is 0 Å². The van der Waals surface area contributed by atoms with E-state index in [1.807, 2.05) is 0 Å². The van der Waals surface area contributed by atoms with E-state index in [0.29, 0.717) is 18.3 Å². The highest BCUT2D eigenvalue weighted by molar-refractivity contribution is 5.88. The van der Waals surface area contributed by atoms with Crippen LogP contribution in [0.2, 0.25) is 0 Å². The van der Waals surface area contributed by atoms with E-state index in [1.54, 1.807) is 0 Å². The molecule has 2 N–H and O–H groups in total. The Hall–Kier alpha value is -1.53.